The summed E-state index contributed by atoms with van der Waals surface area (Å²) in [5.74, 6) is 0.639. The van der Waals surface area contributed by atoms with Crippen LogP contribution in [0.4, 0.5) is 0 Å². The third-order valence-electron chi connectivity index (χ3n) is 3.67. The van der Waals surface area contributed by atoms with Gasteiger partial charge in [-0.2, -0.15) is 0 Å². The van der Waals surface area contributed by atoms with E-state index < -0.39 is 10.0 Å². The largest absolute Gasteiger partial charge is 0.492 e. The zero-order chi connectivity index (χ0) is 19.2. The van der Waals surface area contributed by atoms with Gasteiger partial charge in [-0.1, -0.05) is 17.7 Å². The van der Waals surface area contributed by atoms with Gasteiger partial charge < -0.3 is 4.74 Å². The summed E-state index contributed by atoms with van der Waals surface area (Å²) in [7, 11) is -0.401. The molecule has 0 fully saturated rings. The highest BCUT2D eigenvalue weighted by molar-refractivity contribution is 7.89. The highest BCUT2D eigenvalue weighted by Crippen LogP contribution is 2.23. The number of hydrogen-bond donors (Lipinski definition) is 0. The molecule has 2 aromatic rings. The summed E-state index contributed by atoms with van der Waals surface area (Å²) >= 11 is 7.54. The van der Waals surface area contributed by atoms with Crippen LogP contribution in [0.15, 0.2) is 53.9 Å². The number of halogens is 1. The van der Waals surface area contributed by atoms with Crippen molar-refractivity contribution in [3.63, 3.8) is 0 Å². The summed E-state index contributed by atoms with van der Waals surface area (Å²) < 4.78 is 31.8. The van der Waals surface area contributed by atoms with Crippen molar-refractivity contribution >= 4 is 33.0 Å². The Hall–Kier alpha value is -1.38. The Kier molecular flexibility index (Phi) is 7.67. The van der Waals surface area contributed by atoms with Gasteiger partial charge in [0, 0.05) is 38.6 Å². The maximum Gasteiger partial charge on any atom is 0.242 e. The Bertz CT molecular complexity index is 817. The lowest BCUT2D eigenvalue weighted by molar-refractivity contribution is 0.218. The molecule has 5 nitrogen and oxygen atoms in total. The molecule has 26 heavy (non-hydrogen) atoms. The summed E-state index contributed by atoms with van der Waals surface area (Å²) in [6.07, 6.45) is 1.86. The quantitative estimate of drug-likeness (QED) is 0.556. The third-order valence-corrected chi connectivity index (χ3v) is 6.72. The molecule has 0 aliphatic rings. The first-order valence-corrected chi connectivity index (χ1v) is 10.7. The third kappa shape index (κ3) is 5.82. The van der Waals surface area contributed by atoms with Crippen molar-refractivity contribution in [3.8, 4) is 5.75 Å². The highest BCUT2D eigenvalue weighted by Gasteiger charge is 2.16. The molecule has 0 amide bonds. The predicted molar refractivity (Wildman–Crippen MR) is 108 cm³/mol. The van der Waals surface area contributed by atoms with Gasteiger partial charge in [0.15, 0.2) is 0 Å². The first kappa shape index (κ1) is 20.9. The molecule has 1 heterocycles. The molecule has 0 bridgehead atoms. The molecule has 0 aliphatic heterocycles. The lowest BCUT2D eigenvalue weighted by Gasteiger charge is -2.20. The second-order valence-corrected chi connectivity index (χ2v) is 9.79. The molecule has 0 unspecified atom stereocenters. The van der Waals surface area contributed by atoms with Gasteiger partial charge in [-0.3, -0.25) is 4.90 Å². The van der Waals surface area contributed by atoms with E-state index in [1.54, 1.807) is 35.6 Å². The van der Waals surface area contributed by atoms with Gasteiger partial charge in [0.2, 0.25) is 10.0 Å². The smallest absolute Gasteiger partial charge is 0.242 e. The fourth-order valence-electron chi connectivity index (χ4n) is 2.29. The van der Waals surface area contributed by atoms with Crippen molar-refractivity contribution in [1.29, 1.82) is 0 Å². The molecule has 0 atom stereocenters. The van der Waals surface area contributed by atoms with Crippen LogP contribution in [-0.4, -0.2) is 51.4 Å². The van der Waals surface area contributed by atoms with E-state index >= 15 is 0 Å². The number of ether oxygens (including phenoxy) is 1. The van der Waals surface area contributed by atoms with Crippen LogP contribution in [0.2, 0.25) is 4.34 Å². The van der Waals surface area contributed by atoms with Gasteiger partial charge in [0.05, 0.1) is 9.23 Å². The molecule has 1 aromatic carbocycles. The van der Waals surface area contributed by atoms with E-state index in [0.29, 0.717) is 12.4 Å². The van der Waals surface area contributed by atoms with Crippen LogP contribution in [0.1, 0.15) is 4.88 Å². The molecular formula is C18H23ClN2O3S2. The molecular weight excluding hydrogens is 392 g/mol. The van der Waals surface area contributed by atoms with E-state index in [2.05, 4.69) is 11.5 Å². The van der Waals surface area contributed by atoms with Crippen molar-refractivity contribution in [2.45, 2.75) is 11.4 Å². The first-order chi connectivity index (χ1) is 12.3. The Labute approximate surface area is 164 Å². The van der Waals surface area contributed by atoms with Crippen LogP contribution >= 0.6 is 22.9 Å². The first-order valence-electron chi connectivity index (χ1n) is 8.06. The van der Waals surface area contributed by atoms with Crippen LogP contribution < -0.4 is 4.74 Å². The molecule has 0 saturated heterocycles. The number of benzene rings is 1. The second-order valence-electron chi connectivity index (χ2n) is 5.84. The Morgan fingerprint density at radius 2 is 1.88 bits per heavy atom. The second kappa shape index (κ2) is 9.53. The van der Waals surface area contributed by atoms with Crippen LogP contribution in [0.25, 0.3) is 0 Å². The Morgan fingerprint density at radius 1 is 1.19 bits per heavy atom. The number of nitrogens with zero attached hydrogens (tertiary/aromatic N) is 2. The van der Waals surface area contributed by atoms with Crippen molar-refractivity contribution in [2.24, 2.45) is 0 Å². The zero-order valence-corrected chi connectivity index (χ0v) is 17.3. The minimum Gasteiger partial charge on any atom is -0.492 e. The Morgan fingerprint density at radius 3 is 2.42 bits per heavy atom. The summed E-state index contributed by atoms with van der Waals surface area (Å²) in [4.78, 5) is 3.65. The van der Waals surface area contributed by atoms with E-state index in [-0.39, 0.29) is 4.90 Å². The predicted octanol–water partition coefficient (Wildman–Crippen LogP) is 3.72. The molecule has 1 aromatic heterocycles. The van der Waals surface area contributed by atoms with E-state index in [1.165, 1.54) is 23.3 Å². The summed E-state index contributed by atoms with van der Waals surface area (Å²) in [5, 5.41) is 0. The van der Waals surface area contributed by atoms with Gasteiger partial charge in [0.1, 0.15) is 12.4 Å². The van der Waals surface area contributed by atoms with Gasteiger partial charge in [-0.25, -0.2) is 12.7 Å². The minimum atomic E-state index is -3.42. The van der Waals surface area contributed by atoms with Crippen molar-refractivity contribution in [1.82, 2.24) is 9.21 Å². The molecule has 0 N–H and O–H groups in total. The number of thiophene rings is 1. The molecule has 142 valence electrons. The van der Waals surface area contributed by atoms with Gasteiger partial charge in [0.25, 0.3) is 0 Å². The van der Waals surface area contributed by atoms with Crippen molar-refractivity contribution in [3.05, 3.63) is 58.3 Å². The lowest BCUT2D eigenvalue weighted by Crippen LogP contribution is -2.28. The molecule has 8 heteroatoms. The normalized spacial score (nSPS) is 11.9. The summed E-state index contributed by atoms with van der Waals surface area (Å²) in [6, 6.07) is 10.4. The van der Waals surface area contributed by atoms with E-state index in [4.69, 9.17) is 16.3 Å². The molecule has 0 spiro atoms. The maximum atomic E-state index is 12.1. The van der Waals surface area contributed by atoms with E-state index in [9.17, 15) is 8.42 Å². The number of hydrogen-bond acceptors (Lipinski definition) is 5. The maximum absolute atomic E-state index is 12.1. The van der Waals surface area contributed by atoms with Crippen molar-refractivity contribution in [2.75, 3.05) is 33.8 Å². The van der Waals surface area contributed by atoms with Crippen LogP contribution in [-0.2, 0) is 16.6 Å². The number of sulfonamides is 1. The minimum absolute atomic E-state index is 0.248. The summed E-state index contributed by atoms with van der Waals surface area (Å²) in [6.45, 7) is 6.54. The standard InChI is InChI=1S/C18H23ClN2O3S2/c1-4-11-21(14-16-7-10-18(19)25-16)12-13-24-15-5-8-17(9-6-15)26(22,23)20(2)3/h4-10H,1,11-14H2,2-3H3. The zero-order valence-electron chi connectivity index (χ0n) is 14.9. The fourth-order valence-corrected chi connectivity index (χ4v) is 4.32. The van der Waals surface area contributed by atoms with Crippen molar-refractivity contribution < 1.29 is 13.2 Å². The highest BCUT2D eigenvalue weighted by atomic mass is 35.5. The van der Waals surface area contributed by atoms with E-state index in [0.717, 1.165) is 24.0 Å². The van der Waals surface area contributed by atoms with Crippen LogP contribution in [0, 0.1) is 0 Å². The van der Waals surface area contributed by atoms with Gasteiger partial charge in [-0.05, 0) is 36.4 Å². The molecule has 2 rings (SSSR count). The SMILES string of the molecule is C=CCN(CCOc1ccc(S(=O)(=O)N(C)C)cc1)Cc1ccc(Cl)s1. The van der Waals surface area contributed by atoms with Crippen LogP contribution in [0.3, 0.4) is 0 Å². The summed E-state index contributed by atoms with van der Waals surface area (Å²) in [5.41, 5.74) is 0. The molecule has 0 aliphatic carbocycles. The molecule has 0 saturated carbocycles. The number of rotatable bonds is 10. The van der Waals surface area contributed by atoms with E-state index in [1.807, 2.05) is 18.2 Å². The monoisotopic (exact) mass is 414 g/mol. The van der Waals surface area contributed by atoms with Crippen LogP contribution in [0.5, 0.6) is 5.75 Å². The topological polar surface area (TPSA) is 49.9 Å². The Balaban J connectivity index is 1.89. The average Bonchev–Trinajstić information content (AvgIpc) is 3.00. The average molecular weight is 415 g/mol. The molecule has 0 radical (unpaired) electrons. The van der Waals surface area contributed by atoms with Gasteiger partial charge >= 0.3 is 0 Å². The fraction of sp³-hybridized carbons (Fsp3) is 0.333. The lowest BCUT2D eigenvalue weighted by atomic mass is 10.3. The van der Waals surface area contributed by atoms with Gasteiger partial charge in [-0.15, -0.1) is 17.9 Å².